The van der Waals surface area contributed by atoms with E-state index in [1.165, 1.54) is 11.3 Å². The number of carbonyl (C=O) groups is 3. The van der Waals surface area contributed by atoms with Crippen LogP contribution in [0, 0.1) is 0 Å². The molecular weight excluding hydrogens is 436 g/mol. The van der Waals surface area contributed by atoms with Crippen LogP contribution in [0.15, 0.2) is 31.0 Å². The summed E-state index contributed by atoms with van der Waals surface area (Å²) in [5.41, 5.74) is 13.7. The fraction of sp³-hybridized carbons (Fsp3) is 0.250. The molecule has 0 saturated heterocycles. The molecule has 3 rings (SSSR count). The Hall–Kier alpha value is -3.93. The van der Waals surface area contributed by atoms with E-state index in [9.17, 15) is 19.5 Å². The van der Waals surface area contributed by atoms with Gasteiger partial charge in [-0.05, 0) is 36.6 Å². The minimum absolute atomic E-state index is 0.106. The van der Waals surface area contributed by atoms with E-state index >= 15 is 0 Å². The van der Waals surface area contributed by atoms with Gasteiger partial charge in [0.05, 0.1) is 10.4 Å². The zero-order chi connectivity index (χ0) is 23.4. The number of aromatic nitrogens is 3. The SMILES string of the molecule is C=C(CCn1ccc2nc(N)nc(N)c21)c1ccc(C(=O)N[C@@H](CCC(=O)O)C(=O)O)s1. The summed E-state index contributed by atoms with van der Waals surface area (Å²) in [6.07, 6.45) is 1.83. The highest BCUT2D eigenvalue weighted by atomic mass is 32.1. The van der Waals surface area contributed by atoms with Crippen molar-refractivity contribution < 1.29 is 24.6 Å². The highest BCUT2D eigenvalue weighted by Gasteiger charge is 2.22. The molecule has 0 bridgehead atoms. The van der Waals surface area contributed by atoms with Gasteiger partial charge in [-0.2, -0.15) is 4.98 Å². The number of amides is 1. The first-order chi connectivity index (χ1) is 15.2. The number of aliphatic carboxylic acids is 2. The lowest BCUT2D eigenvalue weighted by atomic mass is 10.1. The van der Waals surface area contributed by atoms with Crippen molar-refractivity contribution in [3.8, 4) is 0 Å². The predicted molar refractivity (Wildman–Crippen MR) is 120 cm³/mol. The number of nitrogens with zero attached hydrogens (tertiary/aromatic N) is 3. The second-order valence-electron chi connectivity index (χ2n) is 7.02. The second kappa shape index (κ2) is 9.47. The summed E-state index contributed by atoms with van der Waals surface area (Å²) in [6.45, 7) is 4.63. The average molecular weight is 459 g/mol. The Labute approximate surface area is 186 Å². The highest BCUT2D eigenvalue weighted by Crippen LogP contribution is 2.27. The number of fused-ring (bicyclic) bond motifs is 1. The van der Waals surface area contributed by atoms with Crippen molar-refractivity contribution in [2.75, 3.05) is 11.5 Å². The Balaban J connectivity index is 1.63. The van der Waals surface area contributed by atoms with Crippen LogP contribution >= 0.6 is 11.3 Å². The van der Waals surface area contributed by atoms with Crippen LogP contribution in [0.25, 0.3) is 16.6 Å². The summed E-state index contributed by atoms with van der Waals surface area (Å²) in [5.74, 6) is -2.60. The van der Waals surface area contributed by atoms with Crippen LogP contribution in [0.4, 0.5) is 11.8 Å². The number of nitrogens with two attached hydrogens (primary N) is 2. The number of thiophene rings is 1. The van der Waals surface area contributed by atoms with E-state index in [0.717, 1.165) is 10.5 Å². The molecule has 0 aliphatic carbocycles. The van der Waals surface area contributed by atoms with Gasteiger partial charge in [0.2, 0.25) is 5.95 Å². The number of nitrogens with one attached hydrogen (secondary N) is 1. The van der Waals surface area contributed by atoms with Crippen molar-refractivity contribution >= 4 is 57.6 Å². The topological polar surface area (TPSA) is 186 Å². The zero-order valence-electron chi connectivity index (χ0n) is 16.9. The maximum Gasteiger partial charge on any atom is 0.326 e. The molecule has 12 heteroatoms. The van der Waals surface area contributed by atoms with Crippen LogP contribution in [0.5, 0.6) is 0 Å². The third-order valence-electron chi connectivity index (χ3n) is 4.74. The van der Waals surface area contributed by atoms with E-state index in [1.54, 1.807) is 18.2 Å². The van der Waals surface area contributed by atoms with Crippen LogP contribution in [-0.4, -0.2) is 48.6 Å². The van der Waals surface area contributed by atoms with Crippen molar-refractivity contribution in [3.63, 3.8) is 0 Å². The number of carboxylic acids is 2. The van der Waals surface area contributed by atoms with E-state index in [1.807, 2.05) is 10.8 Å². The van der Waals surface area contributed by atoms with Gasteiger partial charge in [-0.15, -0.1) is 11.3 Å². The molecule has 3 aromatic heterocycles. The Morgan fingerprint density at radius 3 is 2.53 bits per heavy atom. The fourth-order valence-electron chi connectivity index (χ4n) is 3.12. The van der Waals surface area contributed by atoms with Crippen molar-refractivity contribution in [1.82, 2.24) is 19.9 Å². The van der Waals surface area contributed by atoms with E-state index < -0.39 is 23.9 Å². The average Bonchev–Trinajstić information content (AvgIpc) is 3.36. The van der Waals surface area contributed by atoms with E-state index in [4.69, 9.17) is 16.6 Å². The molecule has 0 unspecified atom stereocenters. The van der Waals surface area contributed by atoms with Crippen LogP contribution in [0.1, 0.15) is 33.8 Å². The van der Waals surface area contributed by atoms with E-state index in [0.29, 0.717) is 28.9 Å². The number of rotatable bonds is 10. The van der Waals surface area contributed by atoms with Crippen molar-refractivity contribution in [1.29, 1.82) is 0 Å². The number of carbonyl (C=O) groups excluding carboxylic acids is 1. The standard InChI is InChI=1S/C20H22N6O5S/c1-10(6-8-26-9-7-11-16(26)17(21)25-20(22)24-11)13-3-4-14(32-13)18(29)23-12(19(30)31)2-5-15(27)28/h3-4,7,9,12H,1-2,5-6,8H2,(H,23,29)(H,27,28)(H,30,31)(H4,21,22,24,25)/t12-/m0/s1. The molecule has 168 valence electrons. The van der Waals surface area contributed by atoms with Crippen molar-refractivity contribution in [2.24, 2.45) is 0 Å². The lowest BCUT2D eigenvalue weighted by Crippen LogP contribution is -2.40. The number of nitrogen functional groups attached to an aromatic ring is 2. The summed E-state index contributed by atoms with van der Waals surface area (Å²) in [6, 6.07) is 3.83. The molecule has 1 amide bonds. The molecule has 3 heterocycles. The first-order valence-electron chi connectivity index (χ1n) is 9.57. The lowest BCUT2D eigenvalue weighted by Gasteiger charge is -2.12. The van der Waals surface area contributed by atoms with Gasteiger partial charge >= 0.3 is 11.9 Å². The van der Waals surface area contributed by atoms with E-state index in [2.05, 4.69) is 21.9 Å². The normalized spacial score (nSPS) is 11.9. The molecule has 0 aliphatic rings. The highest BCUT2D eigenvalue weighted by molar-refractivity contribution is 7.15. The van der Waals surface area contributed by atoms with Crippen LogP contribution < -0.4 is 16.8 Å². The molecule has 11 nitrogen and oxygen atoms in total. The number of anilines is 2. The molecule has 1 atom stereocenters. The molecule has 0 radical (unpaired) electrons. The number of hydrogen-bond acceptors (Lipinski definition) is 8. The Morgan fingerprint density at radius 2 is 1.84 bits per heavy atom. The minimum Gasteiger partial charge on any atom is -0.481 e. The summed E-state index contributed by atoms with van der Waals surface area (Å²) >= 11 is 1.18. The summed E-state index contributed by atoms with van der Waals surface area (Å²) in [4.78, 5) is 43.6. The van der Waals surface area contributed by atoms with Crippen molar-refractivity contribution in [2.45, 2.75) is 31.8 Å². The van der Waals surface area contributed by atoms with Gasteiger partial charge in [-0.1, -0.05) is 6.58 Å². The molecule has 0 saturated carbocycles. The van der Waals surface area contributed by atoms with Gasteiger partial charge < -0.3 is 31.6 Å². The van der Waals surface area contributed by atoms with Crippen molar-refractivity contribution in [3.05, 3.63) is 40.7 Å². The molecule has 0 aromatic carbocycles. The molecule has 0 fully saturated rings. The predicted octanol–water partition coefficient (Wildman–Crippen LogP) is 1.81. The summed E-state index contributed by atoms with van der Waals surface area (Å²) in [7, 11) is 0. The molecule has 3 aromatic rings. The Bertz CT molecular complexity index is 1200. The Morgan fingerprint density at radius 1 is 1.12 bits per heavy atom. The first kappa shape index (κ1) is 22.7. The lowest BCUT2D eigenvalue weighted by molar-refractivity contribution is -0.140. The molecule has 32 heavy (non-hydrogen) atoms. The smallest absolute Gasteiger partial charge is 0.326 e. The molecular formula is C20H22N6O5S. The van der Waals surface area contributed by atoms with Gasteiger partial charge in [0.25, 0.3) is 5.91 Å². The zero-order valence-corrected chi connectivity index (χ0v) is 17.8. The number of hydrogen-bond donors (Lipinski definition) is 5. The Kier molecular flexibility index (Phi) is 6.73. The van der Waals surface area contributed by atoms with Gasteiger partial charge in [-0.3, -0.25) is 9.59 Å². The maximum absolute atomic E-state index is 12.4. The summed E-state index contributed by atoms with van der Waals surface area (Å²) in [5, 5.41) is 20.3. The van der Waals surface area contributed by atoms with Crippen LogP contribution in [0.3, 0.4) is 0 Å². The van der Waals surface area contributed by atoms with Gasteiger partial charge in [0.15, 0.2) is 5.82 Å². The van der Waals surface area contributed by atoms with Crippen LogP contribution in [0.2, 0.25) is 0 Å². The summed E-state index contributed by atoms with van der Waals surface area (Å²) < 4.78 is 1.90. The molecule has 0 aliphatic heterocycles. The minimum atomic E-state index is -1.29. The van der Waals surface area contributed by atoms with Crippen LogP contribution in [-0.2, 0) is 16.1 Å². The second-order valence-corrected chi connectivity index (χ2v) is 8.11. The van der Waals surface area contributed by atoms with Gasteiger partial charge in [-0.25, -0.2) is 9.78 Å². The molecule has 7 N–H and O–H groups in total. The fourth-order valence-corrected chi connectivity index (χ4v) is 4.03. The molecule has 0 spiro atoms. The van der Waals surface area contributed by atoms with Gasteiger partial charge in [0, 0.05) is 24.0 Å². The van der Waals surface area contributed by atoms with E-state index in [-0.39, 0.29) is 24.6 Å². The number of carboxylic acid groups (broad SMARTS) is 2. The number of allylic oxidation sites excluding steroid dienone is 1. The number of aryl methyl sites for hydroxylation is 1. The quantitative estimate of drug-likeness (QED) is 0.302. The van der Waals surface area contributed by atoms with Gasteiger partial charge in [0.1, 0.15) is 11.6 Å². The largest absolute Gasteiger partial charge is 0.481 e. The first-order valence-corrected chi connectivity index (χ1v) is 10.4. The monoisotopic (exact) mass is 458 g/mol. The third-order valence-corrected chi connectivity index (χ3v) is 5.92. The third kappa shape index (κ3) is 5.21. The maximum atomic E-state index is 12.4.